The molecule has 0 aliphatic carbocycles. The molecule has 0 aromatic carbocycles. The molecule has 6 heteroatoms. The lowest BCUT2D eigenvalue weighted by Crippen LogP contribution is -2.36. The lowest BCUT2D eigenvalue weighted by Gasteiger charge is -2.12. The number of hydrogen-bond acceptors (Lipinski definition) is 6. The van der Waals surface area contributed by atoms with Gasteiger partial charge in [0, 0.05) is 7.11 Å². The van der Waals surface area contributed by atoms with Gasteiger partial charge in [-0.15, -0.1) is 0 Å². The van der Waals surface area contributed by atoms with Crippen molar-refractivity contribution in [3.8, 4) is 0 Å². The molecule has 0 spiro atoms. The summed E-state index contributed by atoms with van der Waals surface area (Å²) in [4.78, 5) is 34.2. The summed E-state index contributed by atoms with van der Waals surface area (Å²) < 4.78 is 13.8. The number of rotatable bonds is 7. The molecule has 0 amide bonds. The van der Waals surface area contributed by atoms with E-state index in [0.717, 1.165) is 0 Å². The molecule has 0 fully saturated rings. The maximum atomic E-state index is 11.4. The average Bonchev–Trinajstić information content (AvgIpc) is 2.19. The zero-order valence-electron chi connectivity index (χ0n) is 9.65. The third-order valence-electron chi connectivity index (χ3n) is 1.65. The van der Waals surface area contributed by atoms with Crippen molar-refractivity contribution in [1.82, 2.24) is 0 Å². The van der Waals surface area contributed by atoms with Gasteiger partial charge in [0.1, 0.15) is 6.61 Å². The van der Waals surface area contributed by atoms with E-state index in [2.05, 4.69) is 14.2 Å². The molecular weight excluding hydrogens is 216 g/mol. The SMILES string of the molecule is CCOC(=O)C(C(=O)COC)C(=O)OCC. The molecular formula is C10H16O6. The van der Waals surface area contributed by atoms with E-state index in [4.69, 9.17) is 0 Å². The third kappa shape index (κ3) is 4.39. The Kier molecular flexibility index (Phi) is 7.11. The summed E-state index contributed by atoms with van der Waals surface area (Å²) in [6, 6.07) is 0. The van der Waals surface area contributed by atoms with Crippen LogP contribution in [0.3, 0.4) is 0 Å². The maximum absolute atomic E-state index is 11.4. The fourth-order valence-electron chi connectivity index (χ4n) is 1.04. The number of carbonyl (C=O) groups is 3. The largest absolute Gasteiger partial charge is 0.465 e. The molecule has 0 atom stereocenters. The minimum Gasteiger partial charge on any atom is -0.465 e. The van der Waals surface area contributed by atoms with Crippen LogP contribution >= 0.6 is 0 Å². The Morgan fingerprint density at radius 2 is 1.44 bits per heavy atom. The number of esters is 2. The van der Waals surface area contributed by atoms with Crippen LogP contribution in [0.5, 0.6) is 0 Å². The highest BCUT2D eigenvalue weighted by Crippen LogP contribution is 2.06. The van der Waals surface area contributed by atoms with Gasteiger partial charge in [0.25, 0.3) is 0 Å². The van der Waals surface area contributed by atoms with E-state index in [-0.39, 0.29) is 19.8 Å². The first-order valence-electron chi connectivity index (χ1n) is 4.93. The first-order chi connectivity index (χ1) is 7.58. The van der Waals surface area contributed by atoms with Gasteiger partial charge in [0.05, 0.1) is 13.2 Å². The Labute approximate surface area is 93.8 Å². The van der Waals surface area contributed by atoms with Crippen molar-refractivity contribution in [3.05, 3.63) is 0 Å². The summed E-state index contributed by atoms with van der Waals surface area (Å²) in [5.41, 5.74) is 0. The Balaban J connectivity index is 4.68. The second-order valence-electron chi connectivity index (χ2n) is 2.84. The van der Waals surface area contributed by atoms with Gasteiger partial charge in [-0.2, -0.15) is 0 Å². The van der Waals surface area contributed by atoms with Gasteiger partial charge < -0.3 is 14.2 Å². The summed E-state index contributed by atoms with van der Waals surface area (Å²) in [5, 5.41) is 0. The van der Waals surface area contributed by atoms with Gasteiger partial charge in [0.2, 0.25) is 5.92 Å². The first-order valence-corrected chi connectivity index (χ1v) is 4.93. The quantitative estimate of drug-likeness (QED) is 0.452. The standard InChI is InChI=1S/C10H16O6/c1-4-15-9(12)8(7(11)6-14-3)10(13)16-5-2/h8H,4-6H2,1-3H3. The van der Waals surface area contributed by atoms with E-state index in [1.807, 2.05) is 0 Å². The molecule has 0 bridgehead atoms. The fraction of sp³-hybridized carbons (Fsp3) is 0.700. The van der Waals surface area contributed by atoms with Crippen LogP contribution in [-0.4, -0.2) is 44.7 Å². The number of Topliss-reactive ketones (excluding diaryl/α,β-unsaturated/α-hetero) is 1. The fourth-order valence-corrected chi connectivity index (χ4v) is 1.04. The van der Waals surface area contributed by atoms with Crippen LogP contribution < -0.4 is 0 Å². The van der Waals surface area contributed by atoms with Gasteiger partial charge in [-0.25, -0.2) is 0 Å². The molecule has 0 saturated heterocycles. The smallest absolute Gasteiger partial charge is 0.328 e. The molecule has 0 aliphatic rings. The Morgan fingerprint density at radius 1 is 1.00 bits per heavy atom. The van der Waals surface area contributed by atoms with Gasteiger partial charge in [-0.05, 0) is 13.8 Å². The molecule has 0 rings (SSSR count). The molecule has 0 heterocycles. The summed E-state index contributed by atoms with van der Waals surface area (Å²) in [6.07, 6.45) is 0. The van der Waals surface area contributed by atoms with Crippen LogP contribution in [0.1, 0.15) is 13.8 Å². The first kappa shape index (κ1) is 14.6. The van der Waals surface area contributed by atoms with Crippen LogP contribution in [-0.2, 0) is 28.6 Å². The van der Waals surface area contributed by atoms with Crippen molar-refractivity contribution < 1.29 is 28.6 Å². The maximum Gasteiger partial charge on any atom is 0.328 e. The zero-order chi connectivity index (χ0) is 12.6. The van der Waals surface area contributed by atoms with Crippen LogP contribution in [0.2, 0.25) is 0 Å². The molecule has 0 N–H and O–H groups in total. The third-order valence-corrected chi connectivity index (χ3v) is 1.65. The van der Waals surface area contributed by atoms with Crippen LogP contribution in [0.25, 0.3) is 0 Å². The van der Waals surface area contributed by atoms with Crippen molar-refractivity contribution >= 4 is 17.7 Å². The van der Waals surface area contributed by atoms with E-state index >= 15 is 0 Å². The predicted molar refractivity (Wildman–Crippen MR) is 53.6 cm³/mol. The minimum absolute atomic E-state index is 0.0923. The second-order valence-corrected chi connectivity index (χ2v) is 2.84. The highest BCUT2D eigenvalue weighted by molar-refractivity contribution is 6.15. The molecule has 0 aromatic heterocycles. The number of carbonyl (C=O) groups excluding carboxylic acids is 3. The Bertz CT molecular complexity index is 217. The van der Waals surface area contributed by atoms with E-state index in [9.17, 15) is 14.4 Å². The number of ketones is 1. The van der Waals surface area contributed by atoms with Gasteiger partial charge in [-0.1, -0.05) is 0 Å². The monoisotopic (exact) mass is 232 g/mol. The highest BCUT2D eigenvalue weighted by atomic mass is 16.6. The molecule has 0 aliphatic heterocycles. The Hall–Kier alpha value is -1.43. The summed E-state index contributed by atoms with van der Waals surface area (Å²) in [6.45, 7) is 3.02. The van der Waals surface area contributed by atoms with Crippen LogP contribution in [0.15, 0.2) is 0 Å². The summed E-state index contributed by atoms with van der Waals surface area (Å²) in [7, 11) is 1.30. The van der Waals surface area contributed by atoms with E-state index in [0.29, 0.717) is 0 Å². The topological polar surface area (TPSA) is 78.9 Å². The average molecular weight is 232 g/mol. The molecule has 16 heavy (non-hydrogen) atoms. The van der Waals surface area contributed by atoms with Crippen molar-refractivity contribution in [2.24, 2.45) is 5.92 Å². The lowest BCUT2D eigenvalue weighted by molar-refractivity contribution is -0.164. The summed E-state index contributed by atoms with van der Waals surface area (Å²) in [5.74, 6) is -4.01. The number of hydrogen-bond donors (Lipinski definition) is 0. The number of methoxy groups -OCH3 is 1. The summed E-state index contributed by atoms with van der Waals surface area (Å²) >= 11 is 0. The highest BCUT2D eigenvalue weighted by Gasteiger charge is 2.36. The normalized spacial score (nSPS) is 10.0. The lowest BCUT2D eigenvalue weighted by atomic mass is 10.1. The molecule has 0 aromatic rings. The van der Waals surface area contributed by atoms with Gasteiger partial charge in [-0.3, -0.25) is 14.4 Å². The molecule has 92 valence electrons. The van der Waals surface area contributed by atoms with Gasteiger partial charge >= 0.3 is 11.9 Å². The molecule has 6 nitrogen and oxygen atoms in total. The molecule has 0 unspecified atom stereocenters. The van der Waals surface area contributed by atoms with E-state index in [1.54, 1.807) is 13.8 Å². The number of ether oxygens (including phenoxy) is 3. The van der Waals surface area contributed by atoms with E-state index in [1.165, 1.54) is 7.11 Å². The predicted octanol–water partition coefficient (Wildman–Crippen LogP) is -0.0557. The van der Waals surface area contributed by atoms with Crippen molar-refractivity contribution in [2.75, 3.05) is 26.9 Å². The van der Waals surface area contributed by atoms with Crippen molar-refractivity contribution in [2.45, 2.75) is 13.8 Å². The zero-order valence-corrected chi connectivity index (χ0v) is 9.65. The van der Waals surface area contributed by atoms with Gasteiger partial charge in [0.15, 0.2) is 5.78 Å². The van der Waals surface area contributed by atoms with Crippen molar-refractivity contribution in [3.63, 3.8) is 0 Å². The second kappa shape index (κ2) is 7.81. The molecule has 0 saturated carbocycles. The van der Waals surface area contributed by atoms with Crippen molar-refractivity contribution in [1.29, 1.82) is 0 Å². The Morgan fingerprint density at radius 3 is 1.75 bits per heavy atom. The molecule has 0 radical (unpaired) electrons. The van der Waals surface area contributed by atoms with Crippen LogP contribution in [0, 0.1) is 5.92 Å². The minimum atomic E-state index is -1.54. The van der Waals surface area contributed by atoms with Crippen LogP contribution in [0.4, 0.5) is 0 Å². The van der Waals surface area contributed by atoms with E-state index < -0.39 is 23.6 Å².